The molecule has 1 saturated carbocycles. The number of aliphatic hydroxyl groups is 1. The molecule has 1 aliphatic carbocycles. The average Bonchev–Trinajstić information content (AvgIpc) is 2.38. The predicted molar refractivity (Wildman–Crippen MR) is 66.9 cm³/mol. The van der Waals surface area contributed by atoms with E-state index in [9.17, 15) is 9.90 Å². The van der Waals surface area contributed by atoms with E-state index in [1.165, 1.54) is 12.8 Å². The molecule has 2 rings (SSSR count). The summed E-state index contributed by atoms with van der Waals surface area (Å²) in [5, 5.41) is 13.2. The van der Waals surface area contributed by atoms with Crippen LogP contribution in [0.2, 0.25) is 0 Å². The SMILES string of the molecule is O=C(NCC1(O)CCCCC1)N1CCCCC1. The fraction of sp³-hybridized carbons (Fsp3) is 0.923. The summed E-state index contributed by atoms with van der Waals surface area (Å²) in [4.78, 5) is 13.8. The van der Waals surface area contributed by atoms with Crippen molar-refractivity contribution in [1.82, 2.24) is 10.2 Å². The molecule has 98 valence electrons. The van der Waals surface area contributed by atoms with E-state index in [0.29, 0.717) is 6.54 Å². The average molecular weight is 240 g/mol. The van der Waals surface area contributed by atoms with Gasteiger partial charge in [0.15, 0.2) is 0 Å². The maximum Gasteiger partial charge on any atom is 0.317 e. The van der Waals surface area contributed by atoms with Gasteiger partial charge in [0.25, 0.3) is 0 Å². The standard InChI is InChI=1S/C13H24N2O2/c16-12(15-9-5-2-6-10-15)14-11-13(17)7-3-1-4-8-13/h17H,1-11H2,(H,14,16). The lowest BCUT2D eigenvalue weighted by molar-refractivity contribution is 0.00605. The molecule has 2 fully saturated rings. The molecule has 1 aliphatic heterocycles. The van der Waals surface area contributed by atoms with Gasteiger partial charge in [0.2, 0.25) is 0 Å². The molecule has 2 N–H and O–H groups in total. The summed E-state index contributed by atoms with van der Waals surface area (Å²) >= 11 is 0. The number of hydrogen-bond donors (Lipinski definition) is 2. The topological polar surface area (TPSA) is 52.6 Å². The highest BCUT2D eigenvalue weighted by atomic mass is 16.3. The molecule has 0 aromatic carbocycles. The Balaban J connectivity index is 1.74. The van der Waals surface area contributed by atoms with Gasteiger partial charge in [-0.25, -0.2) is 4.79 Å². The summed E-state index contributed by atoms with van der Waals surface area (Å²) in [5.41, 5.74) is -0.649. The Hall–Kier alpha value is -0.770. The Morgan fingerprint density at radius 3 is 2.29 bits per heavy atom. The summed E-state index contributed by atoms with van der Waals surface area (Å²) in [6.45, 7) is 2.15. The molecule has 0 spiro atoms. The van der Waals surface area contributed by atoms with Crippen LogP contribution >= 0.6 is 0 Å². The minimum Gasteiger partial charge on any atom is -0.388 e. The van der Waals surface area contributed by atoms with Crippen LogP contribution in [0, 0.1) is 0 Å². The highest BCUT2D eigenvalue weighted by Gasteiger charge is 2.30. The maximum absolute atomic E-state index is 11.9. The fourth-order valence-corrected chi connectivity index (χ4v) is 2.84. The van der Waals surface area contributed by atoms with Gasteiger partial charge in [-0.3, -0.25) is 0 Å². The zero-order chi connectivity index (χ0) is 12.1. The summed E-state index contributed by atoms with van der Waals surface area (Å²) < 4.78 is 0. The third-order valence-corrected chi connectivity index (χ3v) is 4.00. The zero-order valence-corrected chi connectivity index (χ0v) is 10.6. The van der Waals surface area contributed by atoms with E-state index in [2.05, 4.69) is 5.32 Å². The van der Waals surface area contributed by atoms with Crippen LogP contribution in [0.15, 0.2) is 0 Å². The molecule has 0 atom stereocenters. The van der Waals surface area contributed by atoms with Gasteiger partial charge in [-0.15, -0.1) is 0 Å². The minimum atomic E-state index is -0.649. The minimum absolute atomic E-state index is 0.00342. The van der Waals surface area contributed by atoms with Crippen molar-refractivity contribution < 1.29 is 9.90 Å². The second kappa shape index (κ2) is 5.71. The number of rotatable bonds is 2. The van der Waals surface area contributed by atoms with Gasteiger partial charge in [-0.05, 0) is 32.1 Å². The third-order valence-electron chi connectivity index (χ3n) is 4.00. The molecule has 0 aromatic rings. The lowest BCUT2D eigenvalue weighted by Crippen LogP contribution is -2.49. The van der Waals surface area contributed by atoms with E-state index in [4.69, 9.17) is 0 Å². The number of hydrogen-bond acceptors (Lipinski definition) is 2. The van der Waals surface area contributed by atoms with Crippen LogP contribution in [0.4, 0.5) is 4.79 Å². The first-order chi connectivity index (χ1) is 8.20. The first-order valence-electron chi connectivity index (χ1n) is 6.95. The quantitative estimate of drug-likeness (QED) is 0.774. The van der Waals surface area contributed by atoms with Crippen molar-refractivity contribution in [2.75, 3.05) is 19.6 Å². The van der Waals surface area contributed by atoms with Gasteiger partial charge in [0, 0.05) is 19.6 Å². The Labute approximate surface area is 103 Å². The Kier molecular flexibility index (Phi) is 4.26. The molecule has 2 aliphatic rings. The highest BCUT2D eigenvalue weighted by molar-refractivity contribution is 5.74. The number of piperidine rings is 1. The van der Waals surface area contributed by atoms with Crippen LogP contribution in [0.1, 0.15) is 51.4 Å². The largest absolute Gasteiger partial charge is 0.388 e. The first kappa shape index (κ1) is 12.7. The number of urea groups is 1. The lowest BCUT2D eigenvalue weighted by Gasteiger charge is -2.34. The van der Waals surface area contributed by atoms with E-state index in [1.54, 1.807) is 0 Å². The number of carbonyl (C=O) groups is 1. The van der Waals surface area contributed by atoms with Crippen molar-refractivity contribution in [3.63, 3.8) is 0 Å². The van der Waals surface area contributed by atoms with E-state index in [0.717, 1.165) is 51.6 Å². The maximum atomic E-state index is 11.9. The van der Waals surface area contributed by atoms with E-state index >= 15 is 0 Å². The van der Waals surface area contributed by atoms with E-state index in [-0.39, 0.29) is 6.03 Å². The van der Waals surface area contributed by atoms with Crippen molar-refractivity contribution >= 4 is 6.03 Å². The zero-order valence-electron chi connectivity index (χ0n) is 10.6. The van der Waals surface area contributed by atoms with Gasteiger partial charge < -0.3 is 15.3 Å². The number of amides is 2. The summed E-state index contributed by atoms with van der Waals surface area (Å²) in [6.07, 6.45) is 8.47. The van der Waals surface area contributed by atoms with Crippen LogP contribution in [0.25, 0.3) is 0 Å². The predicted octanol–water partition coefficient (Wildman–Crippen LogP) is 1.88. The molecule has 4 nitrogen and oxygen atoms in total. The molecule has 17 heavy (non-hydrogen) atoms. The molecule has 4 heteroatoms. The van der Waals surface area contributed by atoms with Gasteiger partial charge in [-0.1, -0.05) is 19.3 Å². The number of carbonyl (C=O) groups excluding carboxylic acids is 1. The van der Waals surface area contributed by atoms with Gasteiger partial charge in [0.1, 0.15) is 0 Å². The van der Waals surface area contributed by atoms with Crippen molar-refractivity contribution in [3.8, 4) is 0 Å². The lowest BCUT2D eigenvalue weighted by atomic mass is 9.85. The van der Waals surface area contributed by atoms with Crippen molar-refractivity contribution in [1.29, 1.82) is 0 Å². The molecule has 2 amide bonds. The summed E-state index contributed by atoms with van der Waals surface area (Å²) in [5.74, 6) is 0. The van der Waals surface area contributed by atoms with Gasteiger partial charge in [-0.2, -0.15) is 0 Å². The molecule has 1 heterocycles. The van der Waals surface area contributed by atoms with Crippen molar-refractivity contribution in [2.24, 2.45) is 0 Å². The molecule has 0 radical (unpaired) electrons. The summed E-state index contributed by atoms with van der Waals surface area (Å²) in [6, 6.07) is 0.00342. The molecular weight excluding hydrogens is 216 g/mol. The van der Waals surface area contributed by atoms with E-state index in [1.807, 2.05) is 4.90 Å². The second-order valence-corrected chi connectivity index (χ2v) is 5.49. The van der Waals surface area contributed by atoms with Crippen LogP contribution in [0.3, 0.4) is 0 Å². The highest BCUT2D eigenvalue weighted by Crippen LogP contribution is 2.27. The Bertz CT molecular complexity index is 256. The molecule has 0 unspecified atom stereocenters. The smallest absolute Gasteiger partial charge is 0.317 e. The molecular formula is C13H24N2O2. The second-order valence-electron chi connectivity index (χ2n) is 5.49. The van der Waals surface area contributed by atoms with Crippen LogP contribution < -0.4 is 5.32 Å². The van der Waals surface area contributed by atoms with E-state index < -0.39 is 5.60 Å². The normalized spacial score (nSPS) is 24.4. The van der Waals surface area contributed by atoms with Crippen LogP contribution in [-0.4, -0.2) is 41.3 Å². The van der Waals surface area contributed by atoms with Gasteiger partial charge in [0.05, 0.1) is 5.60 Å². The fourth-order valence-electron chi connectivity index (χ4n) is 2.84. The number of nitrogens with one attached hydrogen (secondary N) is 1. The van der Waals surface area contributed by atoms with Crippen LogP contribution in [0.5, 0.6) is 0 Å². The third kappa shape index (κ3) is 3.60. The monoisotopic (exact) mass is 240 g/mol. The van der Waals surface area contributed by atoms with Crippen molar-refractivity contribution in [3.05, 3.63) is 0 Å². The molecule has 0 bridgehead atoms. The number of likely N-dealkylation sites (tertiary alicyclic amines) is 1. The number of nitrogens with zero attached hydrogens (tertiary/aromatic N) is 1. The molecule has 0 aromatic heterocycles. The van der Waals surface area contributed by atoms with Gasteiger partial charge >= 0.3 is 6.03 Å². The van der Waals surface area contributed by atoms with Crippen molar-refractivity contribution in [2.45, 2.75) is 57.0 Å². The first-order valence-corrected chi connectivity index (χ1v) is 6.95. The Morgan fingerprint density at radius 2 is 1.65 bits per heavy atom. The summed E-state index contributed by atoms with van der Waals surface area (Å²) in [7, 11) is 0. The van der Waals surface area contributed by atoms with Crippen LogP contribution in [-0.2, 0) is 0 Å². The molecule has 1 saturated heterocycles. The Morgan fingerprint density at radius 1 is 1.06 bits per heavy atom.